The predicted molar refractivity (Wildman–Crippen MR) is 85.2 cm³/mol. The molecule has 0 atom stereocenters. The summed E-state index contributed by atoms with van der Waals surface area (Å²) < 4.78 is 5.12. The molecule has 4 nitrogen and oxygen atoms in total. The quantitative estimate of drug-likeness (QED) is 0.777. The van der Waals surface area contributed by atoms with Crippen LogP contribution >= 0.6 is 0 Å². The van der Waals surface area contributed by atoms with Crippen molar-refractivity contribution in [1.82, 2.24) is 9.88 Å². The van der Waals surface area contributed by atoms with Gasteiger partial charge in [-0.1, -0.05) is 18.2 Å². The lowest BCUT2D eigenvalue weighted by Gasteiger charge is -2.18. The monoisotopic (exact) mass is 281 g/mol. The second kappa shape index (κ2) is 5.97. The topological polar surface area (TPSA) is 41.3 Å². The Kier molecular flexibility index (Phi) is 3.88. The number of benzene rings is 1. The Bertz CT molecular complexity index is 722. The minimum atomic E-state index is 0.833. The van der Waals surface area contributed by atoms with Crippen LogP contribution in [-0.2, 0) is 13.1 Å². The summed E-state index contributed by atoms with van der Waals surface area (Å²) in [6.45, 7) is 1.69. The number of rotatable bonds is 5. The van der Waals surface area contributed by atoms with Gasteiger partial charge in [-0.05, 0) is 25.2 Å². The second-order valence-electron chi connectivity index (χ2n) is 5.24. The molecule has 0 fully saturated rings. The smallest absolute Gasteiger partial charge is 0.130 e. The number of pyridine rings is 1. The van der Waals surface area contributed by atoms with Gasteiger partial charge in [-0.15, -0.1) is 0 Å². The molecule has 1 N–H and O–H groups in total. The Hall–Kier alpha value is -2.33. The lowest BCUT2D eigenvalue weighted by molar-refractivity contribution is 0.318. The minimum Gasteiger partial charge on any atom is -0.472 e. The molecule has 0 aliphatic rings. The van der Waals surface area contributed by atoms with E-state index in [1.54, 1.807) is 12.5 Å². The summed E-state index contributed by atoms with van der Waals surface area (Å²) in [7, 11) is 4.01. The molecule has 2 heterocycles. The highest BCUT2D eigenvalue weighted by molar-refractivity contribution is 5.81. The summed E-state index contributed by atoms with van der Waals surface area (Å²) in [6.07, 6.45) is 3.49. The minimum absolute atomic E-state index is 0.833. The number of anilines is 1. The van der Waals surface area contributed by atoms with E-state index in [0.717, 1.165) is 24.4 Å². The Balaban J connectivity index is 1.84. The largest absolute Gasteiger partial charge is 0.472 e. The van der Waals surface area contributed by atoms with E-state index < -0.39 is 0 Å². The first kappa shape index (κ1) is 13.6. The lowest BCUT2D eigenvalue weighted by Crippen LogP contribution is -2.18. The van der Waals surface area contributed by atoms with Crippen LogP contribution in [-0.4, -0.2) is 24.0 Å². The summed E-state index contributed by atoms with van der Waals surface area (Å²) in [4.78, 5) is 6.93. The third-order valence-corrected chi connectivity index (χ3v) is 3.51. The highest BCUT2D eigenvalue weighted by Gasteiger charge is 2.09. The highest BCUT2D eigenvalue weighted by atomic mass is 16.3. The van der Waals surface area contributed by atoms with Crippen molar-refractivity contribution in [3.63, 3.8) is 0 Å². The zero-order chi connectivity index (χ0) is 14.7. The van der Waals surface area contributed by atoms with Crippen molar-refractivity contribution in [3.8, 4) is 0 Å². The average Bonchev–Trinajstić information content (AvgIpc) is 2.99. The van der Waals surface area contributed by atoms with E-state index in [1.807, 2.05) is 31.3 Å². The molecule has 0 aliphatic carbocycles. The van der Waals surface area contributed by atoms with Crippen molar-refractivity contribution in [1.29, 1.82) is 0 Å². The number of aromatic nitrogens is 1. The van der Waals surface area contributed by atoms with Gasteiger partial charge < -0.3 is 9.73 Å². The van der Waals surface area contributed by atoms with E-state index in [4.69, 9.17) is 4.42 Å². The maximum absolute atomic E-state index is 5.12. The molecular formula is C17H19N3O. The predicted octanol–water partition coefficient (Wildman–Crippen LogP) is 3.50. The molecule has 2 aromatic heterocycles. The Morgan fingerprint density at radius 3 is 2.81 bits per heavy atom. The fraction of sp³-hybridized carbons (Fsp3) is 0.235. The van der Waals surface area contributed by atoms with Crippen molar-refractivity contribution in [3.05, 3.63) is 60.1 Å². The van der Waals surface area contributed by atoms with E-state index in [1.165, 1.54) is 16.5 Å². The number of nitrogens with zero attached hydrogens (tertiary/aromatic N) is 2. The van der Waals surface area contributed by atoms with Crippen molar-refractivity contribution in [2.45, 2.75) is 13.1 Å². The van der Waals surface area contributed by atoms with Crippen molar-refractivity contribution in [2.75, 3.05) is 19.4 Å². The van der Waals surface area contributed by atoms with Crippen LogP contribution in [0.25, 0.3) is 10.9 Å². The van der Waals surface area contributed by atoms with Gasteiger partial charge in [-0.3, -0.25) is 4.90 Å². The number of fused-ring (bicyclic) bond motifs is 1. The average molecular weight is 281 g/mol. The third-order valence-electron chi connectivity index (χ3n) is 3.51. The molecule has 0 unspecified atom stereocenters. The fourth-order valence-corrected chi connectivity index (χ4v) is 2.54. The number of hydrogen-bond donors (Lipinski definition) is 1. The Morgan fingerprint density at radius 1 is 1.19 bits per heavy atom. The molecule has 4 heteroatoms. The summed E-state index contributed by atoms with van der Waals surface area (Å²) in [5.41, 5.74) is 3.39. The molecule has 0 aliphatic heterocycles. The van der Waals surface area contributed by atoms with Gasteiger partial charge in [0, 0.05) is 36.7 Å². The van der Waals surface area contributed by atoms with Gasteiger partial charge in [0.25, 0.3) is 0 Å². The van der Waals surface area contributed by atoms with Gasteiger partial charge in [-0.25, -0.2) is 4.98 Å². The highest BCUT2D eigenvalue weighted by Crippen LogP contribution is 2.21. The molecule has 0 saturated carbocycles. The standard InChI is InChI=1S/C17H19N3O/c1-18-17-15(9-14-5-3-4-6-16(14)19-17)11-20(2)10-13-7-8-21-12-13/h3-9,12H,10-11H2,1-2H3,(H,18,19). The van der Waals surface area contributed by atoms with Gasteiger partial charge in [0.1, 0.15) is 5.82 Å². The zero-order valence-electron chi connectivity index (χ0n) is 12.3. The van der Waals surface area contributed by atoms with Crippen LogP contribution in [0, 0.1) is 0 Å². The number of hydrogen-bond acceptors (Lipinski definition) is 4. The van der Waals surface area contributed by atoms with Crippen molar-refractivity contribution < 1.29 is 4.42 Å². The SMILES string of the molecule is CNc1nc2ccccc2cc1CN(C)Cc1ccoc1. The van der Waals surface area contributed by atoms with Crippen LogP contribution in [0.15, 0.2) is 53.3 Å². The molecule has 108 valence electrons. The van der Waals surface area contributed by atoms with Gasteiger partial charge in [-0.2, -0.15) is 0 Å². The van der Waals surface area contributed by atoms with Crippen molar-refractivity contribution in [2.24, 2.45) is 0 Å². The van der Waals surface area contributed by atoms with E-state index in [2.05, 4.69) is 34.4 Å². The number of furan rings is 1. The van der Waals surface area contributed by atoms with Gasteiger partial charge >= 0.3 is 0 Å². The van der Waals surface area contributed by atoms with Crippen LogP contribution in [0.5, 0.6) is 0 Å². The lowest BCUT2D eigenvalue weighted by atomic mass is 10.1. The van der Waals surface area contributed by atoms with Crippen LogP contribution < -0.4 is 5.32 Å². The summed E-state index contributed by atoms with van der Waals surface area (Å²) in [5.74, 6) is 0.938. The maximum Gasteiger partial charge on any atom is 0.130 e. The second-order valence-corrected chi connectivity index (χ2v) is 5.24. The normalized spacial score (nSPS) is 11.2. The van der Waals surface area contributed by atoms with Gasteiger partial charge in [0.15, 0.2) is 0 Å². The number of nitrogens with one attached hydrogen (secondary N) is 1. The van der Waals surface area contributed by atoms with Gasteiger partial charge in [0.05, 0.1) is 18.0 Å². The Morgan fingerprint density at radius 2 is 2.05 bits per heavy atom. The molecule has 1 aromatic carbocycles. The molecular weight excluding hydrogens is 262 g/mol. The first-order valence-electron chi connectivity index (χ1n) is 7.02. The van der Waals surface area contributed by atoms with Crippen LogP contribution in [0.4, 0.5) is 5.82 Å². The summed E-state index contributed by atoms with van der Waals surface area (Å²) >= 11 is 0. The first-order chi connectivity index (χ1) is 10.3. The fourth-order valence-electron chi connectivity index (χ4n) is 2.54. The molecule has 0 bridgehead atoms. The number of para-hydroxylation sites is 1. The summed E-state index contributed by atoms with van der Waals surface area (Å²) in [5, 5.41) is 4.37. The molecule has 3 aromatic rings. The molecule has 0 spiro atoms. The van der Waals surface area contributed by atoms with Gasteiger partial charge in [0.2, 0.25) is 0 Å². The third kappa shape index (κ3) is 3.06. The molecule has 0 amide bonds. The van der Waals surface area contributed by atoms with E-state index in [-0.39, 0.29) is 0 Å². The van der Waals surface area contributed by atoms with Crippen LogP contribution in [0.3, 0.4) is 0 Å². The van der Waals surface area contributed by atoms with Crippen molar-refractivity contribution >= 4 is 16.7 Å². The first-order valence-corrected chi connectivity index (χ1v) is 7.02. The molecule has 21 heavy (non-hydrogen) atoms. The van der Waals surface area contributed by atoms with E-state index in [0.29, 0.717) is 0 Å². The molecule has 0 saturated heterocycles. The Labute approximate surface area is 124 Å². The molecule has 0 radical (unpaired) electrons. The maximum atomic E-state index is 5.12. The van der Waals surface area contributed by atoms with Crippen LogP contribution in [0.1, 0.15) is 11.1 Å². The van der Waals surface area contributed by atoms with E-state index in [9.17, 15) is 0 Å². The van der Waals surface area contributed by atoms with E-state index >= 15 is 0 Å². The summed E-state index contributed by atoms with van der Waals surface area (Å²) in [6, 6.07) is 12.4. The van der Waals surface area contributed by atoms with Crippen LogP contribution in [0.2, 0.25) is 0 Å². The molecule has 3 rings (SSSR count). The zero-order valence-corrected chi connectivity index (χ0v) is 12.3.